The minimum absolute atomic E-state index is 0.0547. The quantitative estimate of drug-likeness (QED) is 0.894. The van der Waals surface area contributed by atoms with Crippen LogP contribution in [0.15, 0.2) is 30.5 Å². The molecule has 1 heterocycles. The molecule has 0 radical (unpaired) electrons. The van der Waals surface area contributed by atoms with Crippen molar-refractivity contribution in [1.29, 1.82) is 0 Å². The molecule has 0 unspecified atom stereocenters. The standard InChI is InChI=1S/C10H8BrNO2/c11-12-6-7(5-10(13)14)8-3-1-2-4-9(8)12/h1-4,6H,5H2,(H,13,14). The highest BCUT2D eigenvalue weighted by atomic mass is 79.9. The Morgan fingerprint density at radius 2 is 2.14 bits per heavy atom. The molecule has 1 aromatic carbocycles. The number of hydrogen-bond donors (Lipinski definition) is 1. The summed E-state index contributed by atoms with van der Waals surface area (Å²) >= 11 is 3.33. The number of hydrogen-bond acceptors (Lipinski definition) is 1. The number of nitrogens with zero attached hydrogens (tertiary/aromatic N) is 1. The van der Waals surface area contributed by atoms with E-state index in [1.165, 1.54) is 0 Å². The lowest BCUT2D eigenvalue weighted by molar-refractivity contribution is -0.136. The second-order valence-electron chi connectivity index (χ2n) is 3.05. The predicted molar refractivity (Wildman–Crippen MR) is 57.6 cm³/mol. The number of benzene rings is 1. The SMILES string of the molecule is O=C(O)Cc1cn(Br)c2ccccc12. The lowest BCUT2D eigenvalue weighted by atomic mass is 10.1. The molecule has 1 N–H and O–H groups in total. The molecule has 0 saturated heterocycles. The topological polar surface area (TPSA) is 42.2 Å². The Kier molecular flexibility index (Phi) is 2.29. The van der Waals surface area contributed by atoms with Crippen LogP contribution in [0.2, 0.25) is 0 Å². The van der Waals surface area contributed by atoms with E-state index in [9.17, 15) is 4.79 Å². The molecule has 0 fully saturated rings. The molecule has 0 bridgehead atoms. The van der Waals surface area contributed by atoms with Crippen LogP contribution in [0.3, 0.4) is 0 Å². The van der Waals surface area contributed by atoms with Gasteiger partial charge in [-0.15, -0.1) is 0 Å². The molecule has 2 aromatic rings. The molecule has 2 rings (SSSR count). The third-order valence-corrected chi connectivity index (χ3v) is 2.68. The van der Waals surface area contributed by atoms with E-state index in [0.29, 0.717) is 0 Å². The van der Waals surface area contributed by atoms with Crippen LogP contribution in [0.5, 0.6) is 0 Å². The van der Waals surface area contributed by atoms with Crippen LogP contribution >= 0.6 is 16.1 Å². The van der Waals surface area contributed by atoms with E-state index < -0.39 is 5.97 Å². The second-order valence-corrected chi connectivity index (χ2v) is 3.82. The summed E-state index contributed by atoms with van der Waals surface area (Å²) < 4.78 is 1.76. The number of carboxylic acids is 1. The first-order valence-corrected chi connectivity index (χ1v) is 4.86. The Balaban J connectivity index is 2.60. The zero-order chi connectivity index (χ0) is 10.1. The number of carboxylic acid groups (broad SMARTS) is 1. The predicted octanol–water partition coefficient (Wildman–Crippen LogP) is 2.43. The third-order valence-electron chi connectivity index (χ3n) is 2.09. The first-order chi connectivity index (χ1) is 6.68. The van der Waals surface area contributed by atoms with Crippen molar-refractivity contribution in [3.05, 3.63) is 36.0 Å². The fraction of sp³-hybridized carbons (Fsp3) is 0.100. The number of aromatic nitrogens is 1. The average molecular weight is 254 g/mol. The van der Waals surface area contributed by atoms with Gasteiger partial charge in [0.2, 0.25) is 0 Å². The summed E-state index contributed by atoms with van der Waals surface area (Å²) in [5.41, 5.74) is 1.81. The Bertz CT molecular complexity index is 490. The molecule has 14 heavy (non-hydrogen) atoms. The first-order valence-electron chi connectivity index (χ1n) is 4.15. The van der Waals surface area contributed by atoms with Gasteiger partial charge < -0.3 is 5.11 Å². The molecule has 72 valence electrons. The number of fused-ring (bicyclic) bond motifs is 1. The molecule has 3 nitrogen and oxygen atoms in total. The Morgan fingerprint density at radius 3 is 2.86 bits per heavy atom. The molecule has 0 aliphatic carbocycles. The van der Waals surface area contributed by atoms with Crippen LogP contribution in [0.4, 0.5) is 0 Å². The number of carbonyl (C=O) groups is 1. The van der Waals surface area contributed by atoms with E-state index in [1.54, 1.807) is 9.79 Å². The molecule has 0 spiro atoms. The van der Waals surface area contributed by atoms with Gasteiger partial charge in [-0.25, -0.2) is 0 Å². The zero-order valence-electron chi connectivity index (χ0n) is 7.27. The van der Waals surface area contributed by atoms with Gasteiger partial charge in [0.25, 0.3) is 0 Å². The maximum Gasteiger partial charge on any atom is 0.307 e. The van der Waals surface area contributed by atoms with Crippen LogP contribution in [-0.4, -0.2) is 14.7 Å². The Hall–Kier alpha value is -1.29. The molecule has 0 amide bonds. The van der Waals surface area contributed by atoms with Gasteiger partial charge in [-0.1, -0.05) is 18.2 Å². The number of para-hydroxylation sites is 1. The average Bonchev–Trinajstić information content (AvgIpc) is 2.44. The largest absolute Gasteiger partial charge is 0.481 e. The summed E-state index contributed by atoms with van der Waals surface area (Å²) in [7, 11) is 0. The number of aliphatic carboxylic acids is 1. The Labute approximate surface area is 89.3 Å². The Morgan fingerprint density at radius 1 is 1.43 bits per heavy atom. The van der Waals surface area contributed by atoms with E-state index in [1.807, 2.05) is 24.3 Å². The maximum atomic E-state index is 10.6. The van der Waals surface area contributed by atoms with Gasteiger partial charge in [0.1, 0.15) is 0 Å². The van der Waals surface area contributed by atoms with Crippen LogP contribution < -0.4 is 0 Å². The van der Waals surface area contributed by atoms with Crippen LogP contribution in [0.1, 0.15) is 5.56 Å². The minimum Gasteiger partial charge on any atom is -0.481 e. The third kappa shape index (κ3) is 1.53. The molecule has 0 aliphatic heterocycles. The van der Waals surface area contributed by atoms with Crippen molar-refractivity contribution in [1.82, 2.24) is 3.59 Å². The summed E-state index contributed by atoms with van der Waals surface area (Å²) in [5.74, 6) is -0.811. The van der Waals surface area contributed by atoms with Crippen LogP contribution in [0, 0.1) is 0 Å². The molecule has 0 atom stereocenters. The monoisotopic (exact) mass is 253 g/mol. The molecule has 0 aliphatic rings. The van der Waals surface area contributed by atoms with Gasteiger partial charge in [-0.3, -0.25) is 8.39 Å². The van der Waals surface area contributed by atoms with Gasteiger partial charge in [0, 0.05) is 11.6 Å². The summed E-state index contributed by atoms with van der Waals surface area (Å²) in [4.78, 5) is 10.6. The van der Waals surface area contributed by atoms with Crippen LogP contribution in [-0.2, 0) is 11.2 Å². The fourth-order valence-corrected chi connectivity index (χ4v) is 2.07. The maximum absolute atomic E-state index is 10.6. The van der Waals surface area contributed by atoms with E-state index in [0.717, 1.165) is 16.5 Å². The van der Waals surface area contributed by atoms with E-state index in [2.05, 4.69) is 16.1 Å². The van der Waals surface area contributed by atoms with E-state index in [4.69, 9.17) is 5.11 Å². The summed E-state index contributed by atoms with van der Waals surface area (Å²) in [6, 6.07) is 7.69. The van der Waals surface area contributed by atoms with Gasteiger partial charge in [-0.2, -0.15) is 0 Å². The van der Waals surface area contributed by atoms with Crippen molar-refractivity contribution in [2.24, 2.45) is 0 Å². The molecule has 0 saturated carbocycles. The van der Waals surface area contributed by atoms with E-state index in [-0.39, 0.29) is 6.42 Å². The molecular weight excluding hydrogens is 246 g/mol. The van der Waals surface area contributed by atoms with Crippen molar-refractivity contribution in [2.45, 2.75) is 6.42 Å². The highest BCUT2D eigenvalue weighted by Crippen LogP contribution is 2.23. The fourth-order valence-electron chi connectivity index (χ4n) is 1.51. The lowest BCUT2D eigenvalue weighted by Crippen LogP contribution is -1.98. The van der Waals surface area contributed by atoms with Crippen molar-refractivity contribution < 1.29 is 9.90 Å². The van der Waals surface area contributed by atoms with Crippen molar-refractivity contribution in [2.75, 3.05) is 0 Å². The van der Waals surface area contributed by atoms with Gasteiger partial charge in [-0.05, 0) is 11.6 Å². The van der Waals surface area contributed by atoms with Crippen molar-refractivity contribution >= 4 is 33.0 Å². The minimum atomic E-state index is -0.811. The smallest absolute Gasteiger partial charge is 0.307 e. The molecule has 4 heteroatoms. The van der Waals surface area contributed by atoms with E-state index >= 15 is 0 Å². The zero-order valence-corrected chi connectivity index (χ0v) is 8.86. The summed E-state index contributed by atoms with van der Waals surface area (Å²) in [6.45, 7) is 0. The van der Waals surface area contributed by atoms with Gasteiger partial charge >= 0.3 is 5.97 Å². The normalized spacial score (nSPS) is 10.6. The highest BCUT2D eigenvalue weighted by molar-refractivity contribution is 9.08. The lowest BCUT2D eigenvalue weighted by Gasteiger charge is -1.93. The van der Waals surface area contributed by atoms with Crippen LogP contribution in [0.25, 0.3) is 10.9 Å². The molecular formula is C10H8BrNO2. The summed E-state index contributed by atoms with van der Waals surface area (Å²) in [5, 5.41) is 9.69. The van der Waals surface area contributed by atoms with Gasteiger partial charge in [0.15, 0.2) is 0 Å². The number of rotatable bonds is 2. The molecule has 1 aromatic heterocycles. The van der Waals surface area contributed by atoms with Gasteiger partial charge in [0.05, 0.1) is 28.1 Å². The summed E-state index contributed by atoms with van der Waals surface area (Å²) in [6.07, 6.45) is 1.85. The second kappa shape index (κ2) is 3.46. The highest BCUT2D eigenvalue weighted by Gasteiger charge is 2.09. The van der Waals surface area contributed by atoms with Crippen molar-refractivity contribution in [3.8, 4) is 0 Å². The number of halogens is 1. The first kappa shape index (κ1) is 9.27. The van der Waals surface area contributed by atoms with Crippen molar-refractivity contribution in [3.63, 3.8) is 0 Å².